The number of carbonyl (C=O) groups excluding carboxylic acids is 3. The largest absolute Gasteiger partial charge is 0.416 e. The lowest BCUT2D eigenvalue weighted by Crippen LogP contribution is -2.48. The number of nitrogens with zero attached hydrogens (tertiary/aromatic N) is 1. The number of hydrogen-bond donors (Lipinski definition) is 2. The summed E-state index contributed by atoms with van der Waals surface area (Å²) in [6, 6.07) is 13.3. The molecule has 1 aliphatic rings. The molecule has 1 atom stereocenters. The van der Waals surface area contributed by atoms with Crippen LogP contribution in [0.25, 0.3) is 0 Å². The normalized spacial score (nSPS) is 16.5. The molecule has 1 saturated heterocycles. The van der Waals surface area contributed by atoms with Gasteiger partial charge in [0.05, 0.1) is 25.3 Å². The van der Waals surface area contributed by atoms with Crippen LogP contribution in [0.15, 0.2) is 54.6 Å². The predicted molar refractivity (Wildman–Crippen MR) is 105 cm³/mol. The molecule has 3 rings (SSSR count). The Morgan fingerprint density at radius 2 is 1.77 bits per heavy atom. The van der Waals surface area contributed by atoms with Crippen molar-refractivity contribution in [2.45, 2.75) is 12.3 Å². The molecule has 3 amide bonds. The molecule has 0 aromatic heterocycles. The van der Waals surface area contributed by atoms with Crippen LogP contribution in [0.3, 0.4) is 0 Å². The molecule has 0 aliphatic carbocycles. The van der Waals surface area contributed by atoms with Gasteiger partial charge in [-0.1, -0.05) is 36.4 Å². The van der Waals surface area contributed by atoms with Crippen molar-refractivity contribution in [2.75, 3.05) is 31.6 Å². The van der Waals surface area contributed by atoms with Gasteiger partial charge >= 0.3 is 18.0 Å². The zero-order valence-electron chi connectivity index (χ0n) is 16.3. The molecule has 2 aromatic rings. The van der Waals surface area contributed by atoms with E-state index in [1.165, 1.54) is 11.0 Å². The van der Waals surface area contributed by atoms with Crippen LogP contribution in [0.5, 0.6) is 0 Å². The fourth-order valence-electron chi connectivity index (χ4n) is 3.05. The van der Waals surface area contributed by atoms with E-state index in [2.05, 4.69) is 10.6 Å². The molecule has 2 aromatic carbocycles. The Bertz CT molecular complexity index is 950. The van der Waals surface area contributed by atoms with Gasteiger partial charge in [-0.2, -0.15) is 13.2 Å². The van der Waals surface area contributed by atoms with E-state index in [-0.39, 0.29) is 11.8 Å². The average Bonchev–Trinajstić information content (AvgIpc) is 2.77. The summed E-state index contributed by atoms with van der Waals surface area (Å²) in [5, 5.41) is 4.28. The van der Waals surface area contributed by atoms with Gasteiger partial charge in [0.15, 0.2) is 0 Å². The summed E-state index contributed by atoms with van der Waals surface area (Å²) in [6.07, 6.45) is -4.87. The SMILES string of the molecule is O=C(NCC(=O)N1CCOC(c2ccccc2)C1)C(=O)Nc1cccc(C(F)(F)F)c1. The number of carbonyl (C=O) groups is 3. The third kappa shape index (κ3) is 6.05. The highest BCUT2D eigenvalue weighted by Gasteiger charge is 2.31. The monoisotopic (exact) mass is 435 g/mol. The molecule has 31 heavy (non-hydrogen) atoms. The fourth-order valence-corrected chi connectivity index (χ4v) is 3.05. The van der Waals surface area contributed by atoms with Crippen molar-refractivity contribution in [1.29, 1.82) is 0 Å². The number of amides is 3. The molecule has 1 fully saturated rings. The van der Waals surface area contributed by atoms with Crippen LogP contribution in [0.1, 0.15) is 17.2 Å². The number of hydrogen-bond acceptors (Lipinski definition) is 4. The van der Waals surface area contributed by atoms with E-state index >= 15 is 0 Å². The van der Waals surface area contributed by atoms with Crippen molar-refractivity contribution >= 4 is 23.4 Å². The summed E-state index contributed by atoms with van der Waals surface area (Å²) < 4.78 is 43.9. The first kappa shape index (κ1) is 22.3. The molecule has 0 bridgehead atoms. The van der Waals surface area contributed by atoms with E-state index in [9.17, 15) is 27.6 Å². The van der Waals surface area contributed by atoms with Crippen LogP contribution < -0.4 is 10.6 Å². The topological polar surface area (TPSA) is 87.7 Å². The van der Waals surface area contributed by atoms with Crippen LogP contribution in [0.4, 0.5) is 18.9 Å². The van der Waals surface area contributed by atoms with E-state index < -0.39 is 36.0 Å². The van der Waals surface area contributed by atoms with Crippen molar-refractivity contribution in [1.82, 2.24) is 10.2 Å². The number of morpholine rings is 1. The number of rotatable bonds is 4. The van der Waals surface area contributed by atoms with Gasteiger partial charge in [-0.25, -0.2) is 0 Å². The first-order valence-corrected chi connectivity index (χ1v) is 9.45. The average molecular weight is 435 g/mol. The molecule has 10 heteroatoms. The van der Waals surface area contributed by atoms with Gasteiger partial charge in [0.2, 0.25) is 5.91 Å². The minimum absolute atomic E-state index is 0.180. The van der Waals surface area contributed by atoms with E-state index in [0.717, 1.165) is 17.7 Å². The van der Waals surface area contributed by atoms with Gasteiger partial charge in [0, 0.05) is 12.2 Å². The third-order valence-corrected chi connectivity index (χ3v) is 4.64. The highest BCUT2D eigenvalue weighted by molar-refractivity contribution is 6.39. The molecule has 0 saturated carbocycles. The zero-order chi connectivity index (χ0) is 22.4. The quantitative estimate of drug-likeness (QED) is 0.722. The van der Waals surface area contributed by atoms with Crippen molar-refractivity contribution in [3.63, 3.8) is 0 Å². The Kier molecular flexibility index (Phi) is 6.91. The van der Waals surface area contributed by atoms with E-state index in [0.29, 0.717) is 25.8 Å². The molecule has 2 N–H and O–H groups in total. The predicted octanol–water partition coefficient (Wildman–Crippen LogP) is 2.36. The maximum absolute atomic E-state index is 12.7. The van der Waals surface area contributed by atoms with E-state index in [1.807, 2.05) is 30.3 Å². The van der Waals surface area contributed by atoms with Gasteiger partial charge in [-0.3, -0.25) is 14.4 Å². The van der Waals surface area contributed by atoms with Crippen LogP contribution in [-0.4, -0.2) is 48.9 Å². The van der Waals surface area contributed by atoms with Crippen molar-refractivity contribution in [2.24, 2.45) is 0 Å². The molecule has 0 spiro atoms. The van der Waals surface area contributed by atoms with Gasteiger partial charge in [-0.05, 0) is 23.8 Å². The Labute approximate surface area is 176 Å². The minimum Gasteiger partial charge on any atom is -0.370 e. The number of nitrogens with one attached hydrogen (secondary N) is 2. The van der Waals surface area contributed by atoms with Gasteiger partial charge < -0.3 is 20.3 Å². The maximum atomic E-state index is 12.7. The highest BCUT2D eigenvalue weighted by atomic mass is 19.4. The molecule has 1 unspecified atom stereocenters. The van der Waals surface area contributed by atoms with Crippen molar-refractivity contribution in [3.05, 3.63) is 65.7 Å². The van der Waals surface area contributed by atoms with E-state index in [1.54, 1.807) is 0 Å². The molecule has 164 valence electrons. The second kappa shape index (κ2) is 9.61. The molecule has 1 heterocycles. The summed E-state index contributed by atoms with van der Waals surface area (Å²) in [4.78, 5) is 37.8. The fraction of sp³-hybridized carbons (Fsp3) is 0.286. The lowest BCUT2D eigenvalue weighted by atomic mass is 10.1. The van der Waals surface area contributed by atoms with Crippen molar-refractivity contribution < 1.29 is 32.3 Å². The van der Waals surface area contributed by atoms with Crippen molar-refractivity contribution in [3.8, 4) is 0 Å². The van der Waals surface area contributed by atoms with Crippen LogP contribution in [0, 0.1) is 0 Å². The molecule has 1 aliphatic heterocycles. The zero-order valence-corrected chi connectivity index (χ0v) is 16.3. The minimum atomic E-state index is -4.58. The second-order valence-corrected chi connectivity index (χ2v) is 6.83. The Hall–Kier alpha value is -3.40. The van der Waals surface area contributed by atoms with Crippen LogP contribution in [-0.2, 0) is 25.3 Å². The molecular formula is C21H20F3N3O4. The van der Waals surface area contributed by atoms with Gasteiger partial charge in [-0.15, -0.1) is 0 Å². The molecular weight excluding hydrogens is 415 g/mol. The number of anilines is 1. The van der Waals surface area contributed by atoms with Gasteiger partial charge in [0.1, 0.15) is 6.10 Å². The summed E-state index contributed by atoms with van der Waals surface area (Å²) in [6.45, 7) is 0.551. The summed E-state index contributed by atoms with van der Waals surface area (Å²) in [5.41, 5.74) is -0.217. The number of benzene rings is 2. The third-order valence-electron chi connectivity index (χ3n) is 4.64. The van der Waals surface area contributed by atoms with Crippen LogP contribution >= 0.6 is 0 Å². The first-order valence-electron chi connectivity index (χ1n) is 9.45. The summed E-state index contributed by atoms with van der Waals surface area (Å²) in [5.74, 6) is -2.70. The molecule has 0 radical (unpaired) electrons. The summed E-state index contributed by atoms with van der Waals surface area (Å²) in [7, 11) is 0. The van der Waals surface area contributed by atoms with E-state index in [4.69, 9.17) is 4.74 Å². The number of ether oxygens (including phenoxy) is 1. The van der Waals surface area contributed by atoms with Gasteiger partial charge in [0.25, 0.3) is 0 Å². The highest BCUT2D eigenvalue weighted by Crippen LogP contribution is 2.30. The second-order valence-electron chi connectivity index (χ2n) is 6.83. The number of halogens is 3. The summed E-state index contributed by atoms with van der Waals surface area (Å²) >= 11 is 0. The first-order chi connectivity index (χ1) is 14.7. The Morgan fingerprint density at radius 1 is 1.03 bits per heavy atom. The Morgan fingerprint density at radius 3 is 2.48 bits per heavy atom. The standard InChI is InChI=1S/C21H20F3N3O4/c22-21(23,24)15-7-4-8-16(11-15)26-20(30)19(29)25-12-18(28)27-9-10-31-17(13-27)14-5-2-1-3-6-14/h1-8,11,17H,9-10,12-13H2,(H,25,29)(H,26,30). The lowest BCUT2D eigenvalue weighted by molar-refractivity contribution is -0.141. The maximum Gasteiger partial charge on any atom is 0.416 e. The van der Waals surface area contributed by atoms with Crippen LogP contribution in [0.2, 0.25) is 0 Å². The smallest absolute Gasteiger partial charge is 0.370 e. The molecule has 7 nitrogen and oxygen atoms in total. The number of alkyl halides is 3. The Balaban J connectivity index is 1.51. The lowest BCUT2D eigenvalue weighted by Gasteiger charge is -2.33.